The highest BCUT2D eigenvalue weighted by Crippen LogP contribution is 2.50. The molecule has 200 valence electrons. The Morgan fingerprint density at radius 1 is 0.524 bits per heavy atom. The molecule has 0 radical (unpaired) electrons. The second-order valence-electron chi connectivity index (χ2n) is 11.8. The monoisotopic (exact) mass is 539 g/mol. The zero-order chi connectivity index (χ0) is 28.4. The number of nitrogens with zero attached hydrogens (tertiary/aromatic N) is 1. The summed E-state index contributed by atoms with van der Waals surface area (Å²) in [5.41, 5.74) is 12.1. The lowest BCUT2D eigenvalue weighted by Gasteiger charge is -2.22. The van der Waals surface area contributed by atoms with Gasteiger partial charge in [0.05, 0.1) is 11.0 Å². The van der Waals surface area contributed by atoms with Gasteiger partial charge in [0.1, 0.15) is 0 Å². The van der Waals surface area contributed by atoms with E-state index in [4.69, 9.17) is 0 Å². The van der Waals surface area contributed by atoms with Crippen LogP contribution in [0.4, 0.5) is 0 Å². The molecule has 0 spiro atoms. The molecule has 1 heterocycles. The molecular formula is C40H29NO. The third-order valence-electron chi connectivity index (χ3n) is 8.99. The highest BCUT2D eigenvalue weighted by molar-refractivity contribution is 6.10. The van der Waals surface area contributed by atoms with Gasteiger partial charge in [0.25, 0.3) is 0 Å². The van der Waals surface area contributed by atoms with Crippen LogP contribution < -0.4 is 0 Å². The van der Waals surface area contributed by atoms with Crippen molar-refractivity contribution in [2.24, 2.45) is 0 Å². The van der Waals surface area contributed by atoms with Gasteiger partial charge in [0.15, 0.2) is 5.78 Å². The number of para-hydroxylation sites is 2. The number of ketones is 1. The van der Waals surface area contributed by atoms with Gasteiger partial charge < -0.3 is 4.57 Å². The summed E-state index contributed by atoms with van der Waals surface area (Å²) in [4.78, 5) is 13.3. The summed E-state index contributed by atoms with van der Waals surface area (Å²) in [6.07, 6.45) is 0. The molecule has 1 aliphatic carbocycles. The maximum atomic E-state index is 13.3. The Balaban J connectivity index is 1.21. The normalized spacial score (nSPS) is 13.3. The average Bonchev–Trinajstić information content (AvgIpc) is 3.49. The maximum Gasteiger partial charge on any atom is 0.193 e. The molecule has 0 aliphatic heterocycles. The van der Waals surface area contributed by atoms with E-state index in [0.717, 1.165) is 16.8 Å². The number of carbonyl (C=O) groups excluding carboxylic acids is 1. The topological polar surface area (TPSA) is 22.0 Å². The van der Waals surface area contributed by atoms with Crippen molar-refractivity contribution in [2.45, 2.75) is 19.3 Å². The summed E-state index contributed by atoms with van der Waals surface area (Å²) in [6.45, 7) is 4.54. The van der Waals surface area contributed by atoms with E-state index in [9.17, 15) is 4.79 Å². The van der Waals surface area contributed by atoms with Crippen molar-refractivity contribution in [1.29, 1.82) is 0 Å². The minimum absolute atomic E-state index is 0.0627. The fraction of sp³-hybridized carbons (Fsp3) is 0.0750. The maximum absolute atomic E-state index is 13.3. The number of hydrogen-bond donors (Lipinski definition) is 0. The van der Waals surface area contributed by atoms with E-state index >= 15 is 0 Å². The highest BCUT2D eigenvalue weighted by Gasteiger charge is 2.36. The van der Waals surface area contributed by atoms with E-state index in [1.165, 1.54) is 55.2 Å². The molecule has 8 rings (SSSR count). The van der Waals surface area contributed by atoms with Crippen molar-refractivity contribution in [3.05, 3.63) is 162 Å². The molecule has 0 bridgehead atoms. The summed E-state index contributed by atoms with van der Waals surface area (Å²) < 4.78 is 2.37. The number of benzene rings is 6. The zero-order valence-electron chi connectivity index (χ0n) is 23.6. The van der Waals surface area contributed by atoms with Crippen LogP contribution in [0, 0.1) is 0 Å². The predicted molar refractivity (Wildman–Crippen MR) is 174 cm³/mol. The SMILES string of the molecule is CC1(C)c2cc(C(=O)c3ccccc3)ccc2-c2ccc(-c3cccc(-n4c5ccccc5c5ccccc54)c3)cc21. The second-order valence-corrected chi connectivity index (χ2v) is 11.8. The quantitative estimate of drug-likeness (QED) is 0.204. The van der Waals surface area contributed by atoms with Crippen LogP contribution in [0.25, 0.3) is 49.7 Å². The van der Waals surface area contributed by atoms with Crippen LogP contribution in [0.5, 0.6) is 0 Å². The molecule has 0 atom stereocenters. The molecule has 2 nitrogen and oxygen atoms in total. The molecule has 7 aromatic rings. The number of fused-ring (bicyclic) bond motifs is 6. The molecule has 0 saturated heterocycles. The van der Waals surface area contributed by atoms with Gasteiger partial charge in [0.2, 0.25) is 0 Å². The van der Waals surface area contributed by atoms with Crippen LogP contribution in [0.2, 0.25) is 0 Å². The van der Waals surface area contributed by atoms with Gasteiger partial charge in [-0.25, -0.2) is 0 Å². The Morgan fingerprint density at radius 3 is 1.83 bits per heavy atom. The van der Waals surface area contributed by atoms with Crippen molar-refractivity contribution in [3.63, 3.8) is 0 Å². The van der Waals surface area contributed by atoms with Crippen molar-refractivity contribution >= 4 is 27.6 Å². The van der Waals surface area contributed by atoms with Gasteiger partial charge in [-0.05, 0) is 69.8 Å². The summed E-state index contributed by atoms with van der Waals surface area (Å²) in [5, 5.41) is 2.53. The summed E-state index contributed by atoms with van der Waals surface area (Å²) in [7, 11) is 0. The molecule has 0 N–H and O–H groups in total. The number of carbonyl (C=O) groups is 1. The van der Waals surface area contributed by atoms with Crippen molar-refractivity contribution in [1.82, 2.24) is 4.57 Å². The van der Waals surface area contributed by atoms with Crippen molar-refractivity contribution in [3.8, 4) is 27.9 Å². The van der Waals surface area contributed by atoms with E-state index in [2.05, 4.69) is 122 Å². The van der Waals surface area contributed by atoms with E-state index in [1.54, 1.807) is 0 Å². The smallest absolute Gasteiger partial charge is 0.193 e. The Morgan fingerprint density at radius 2 is 1.12 bits per heavy atom. The van der Waals surface area contributed by atoms with Crippen molar-refractivity contribution in [2.75, 3.05) is 0 Å². The molecule has 2 heteroatoms. The average molecular weight is 540 g/mol. The third-order valence-corrected chi connectivity index (χ3v) is 8.99. The first-order valence-electron chi connectivity index (χ1n) is 14.5. The number of aromatic nitrogens is 1. The highest BCUT2D eigenvalue weighted by atomic mass is 16.1. The van der Waals surface area contributed by atoms with Crippen LogP contribution in [-0.2, 0) is 5.41 Å². The first kappa shape index (κ1) is 24.6. The molecule has 0 amide bonds. The molecule has 0 unspecified atom stereocenters. The van der Waals surface area contributed by atoms with E-state index < -0.39 is 0 Å². The number of hydrogen-bond acceptors (Lipinski definition) is 1. The fourth-order valence-corrected chi connectivity index (χ4v) is 6.84. The summed E-state index contributed by atoms with van der Waals surface area (Å²) in [5.74, 6) is 0.0627. The van der Waals surface area contributed by atoms with E-state index in [0.29, 0.717) is 0 Å². The van der Waals surface area contributed by atoms with Gasteiger partial charge in [-0.15, -0.1) is 0 Å². The second kappa shape index (κ2) is 9.15. The van der Waals surface area contributed by atoms with Crippen LogP contribution >= 0.6 is 0 Å². The lowest BCUT2D eigenvalue weighted by molar-refractivity contribution is 0.103. The lowest BCUT2D eigenvalue weighted by atomic mass is 9.81. The summed E-state index contributed by atoms with van der Waals surface area (Å²) >= 11 is 0. The van der Waals surface area contributed by atoms with E-state index in [1.807, 2.05) is 36.4 Å². The van der Waals surface area contributed by atoms with Gasteiger partial charge in [-0.1, -0.05) is 117 Å². The van der Waals surface area contributed by atoms with Gasteiger partial charge in [-0.3, -0.25) is 4.79 Å². The molecule has 0 saturated carbocycles. The van der Waals surface area contributed by atoms with Crippen LogP contribution in [-0.4, -0.2) is 10.4 Å². The first-order chi connectivity index (χ1) is 20.5. The molecule has 0 fully saturated rings. The predicted octanol–water partition coefficient (Wildman–Crippen LogP) is 9.99. The third kappa shape index (κ3) is 3.62. The van der Waals surface area contributed by atoms with Crippen LogP contribution in [0.3, 0.4) is 0 Å². The zero-order valence-corrected chi connectivity index (χ0v) is 23.6. The lowest BCUT2D eigenvalue weighted by Crippen LogP contribution is -2.16. The van der Waals surface area contributed by atoms with Gasteiger partial charge in [0, 0.05) is 33.0 Å². The Bertz CT molecular complexity index is 2130. The first-order valence-corrected chi connectivity index (χ1v) is 14.5. The Hall–Kier alpha value is -5.21. The molecule has 6 aromatic carbocycles. The number of rotatable bonds is 4. The minimum atomic E-state index is -0.224. The Labute approximate surface area is 245 Å². The van der Waals surface area contributed by atoms with Crippen LogP contribution in [0.1, 0.15) is 40.9 Å². The van der Waals surface area contributed by atoms with Gasteiger partial charge in [-0.2, -0.15) is 0 Å². The molecular weight excluding hydrogens is 510 g/mol. The van der Waals surface area contributed by atoms with Crippen LogP contribution in [0.15, 0.2) is 140 Å². The molecule has 42 heavy (non-hydrogen) atoms. The molecule has 1 aliphatic rings. The van der Waals surface area contributed by atoms with E-state index in [-0.39, 0.29) is 11.2 Å². The molecule has 1 aromatic heterocycles. The van der Waals surface area contributed by atoms with Crippen molar-refractivity contribution < 1.29 is 4.79 Å². The fourth-order valence-electron chi connectivity index (χ4n) is 6.84. The Kier molecular flexibility index (Phi) is 5.36. The van der Waals surface area contributed by atoms with Gasteiger partial charge >= 0.3 is 0 Å². The largest absolute Gasteiger partial charge is 0.309 e. The standard InChI is InChI=1S/C40H29NO/c1-40(2)35-24-28(19-21-31(35)32-22-20-29(25-36(32)40)39(42)26-11-4-3-5-12-26)27-13-10-14-30(23-27)41-37-17-8-6-15-33(37)34-16-7-9-18-38(34)41/h3-25H,1-2H3. The summed E-state index contributed by atoms with van der Waals surface area (Å²) in [6, 6.07) is 48.7. The minimum Gasteiger partial charge on any atom is -0.309 e.